The lowest BCUT2D eigenvalue weighted by atomic mass is 9.77. The average molecular weight is 345 g/mol. The summed E-state index contributed by atoms with van der Waals surface area (Å²) < 4.78 is 24.9. The number of hydrogen-bond donors (Lipinski definition) is 0. The van der Waals surface area contributed by atoms with E-state index < -0.39 is 18.3 Å². The average Bonchev–Trinajstić information content (AvgIpc) is 2.76. The van der Waals surface area contributed by atoms with Crippen LogP contribution in [0.5, 0.6) is 5.75 Å². The fourth-order valence-electron chi connectivity index (χ4n) is 2.83. The molecule has 25 heavy (non-hydrogen) atoms. The van der Waals surface area contributed by atoms with Gasteiger partial charge in [-0.25, -0.2) is 0 Å². The van der Waals surface area contributed by atoms with Crippen LogP contribution < -0.4 is 15.6 Å². The molecule has 1 aromatic heterocycles. The molecule has 7 heteroatoms. The van der Waals surface area contributed by atoms with Crippen LogP contribution in [0.4, 0.5) is 0 Å². The van der Waals surface area contributed by atoms with Gasteiger partial charge in [0.25, 0.3) is 0 Å². The van der Waals surface area contributed by atoms with Gasteiger partial charge in [-0.3, -0.25) is 4.79 Å². The van der Waals surface area contributed by atoms with Crippen LogP contribution in [0.1, 0.15) is 27.7 Å². The number of rotatable bonds is 4. The van der Waals surface area contributed by atoms with Crippen molar-refractivity contribution >= 4 is 23.5 Å². The van der Waals surface area contributed by atoms with Crippen LogP contribution in [0, 0.1) is 0 Å². The molecule has 0 aliphatic carbocycles. The summed E-state index contributed by atoms with van der Waals surface area (Å²) in [6, 6.07) is 5.17. The summed E-state index contributed by atoms with van der Waals surface area (Å²) in [6.07, 6.45) is 1.74. The molecule has 1 aliphatic heterocycles. The molecular formula is C18H24BNO5. The van der Waals surface area contributed by atoms with Gasteiger partial charge >= 0.3 is 7.12 Å². The number of methoxy groups -OCH3 is 1. The first-order valence-corrected chi connectivity index (χ1v) is 8.27. The molecule has 2 heterocycles. The summed E-state index contributed by atoms with van der Waals surface area (Å²) in [4.78, 5) is 12.3. The molecule has 0 unspecified atom stereocenters. The quantitative estimate of drug-likeness (QED) is 0.625. The molecule has 2 aromatic rings. The summed E-state index contributed by atoms with van der Waals surface area (Å²) in [6.45, 7) is 8.05. The van der Waals surface area contributed by atoms with Gasteiger partial charge in [0.1, 0.15) is 5.75 Å². The number of benzene rings is 1. The lowest BCUT2D eigenvalue weighted by molar-refractivity contribution is 0.00578. The van der Waals surface area contributed by atoms with Crippen LogP contribution >= 0.6 is 0 Å². The monoisotopic (exact) mass is 345 g/mol. The maximum absolute atomic E-state index is 12.3. The minimum Gasteiger partial charge on any atom is -0.468 e. The highest BCUT2D eigenvalue weighted by molar-refractivity contribution is 6.63. The molecule has 0 saturated carbocycles. The van der Waals surface area contributed by atoms with Crippen LogP contribution in [-0.2, 0) is 21.1 Å². The van der Waals surface area contributed by atoms with Crippen LogP contribution in [0.25, 0.3) is 10.9 Å². The van der Waals surface area contributed by atoms with E-state index in [0.717, 1.165) is 5.52 Å². The van der Waals surface area contributed by atoms with Crippen molar-refractivity contribution in [3.05, 3.63) is 34.6 Å². The molecular weight excluding hydrogens is 321 g/mol. The molecule has 3 rings (SSSR count). The van der Waals surface area contributed by atoms with Crippen molar-refractivity contribution in [3.8, 4) is 5.75 Å². The molecule has 1 aromatic carbocycles. The van der Waals surface area contributed by atoms with Crippen molar-refractivity contribution in [1.82, 2.24) is 4.57 Å². The minimum atomic E-state index is -0.619. The van der Waals surface area contributed by atoms with Gasteiger partial charge in [-0.2, -0.15) is 0 Å². The van der Waals surface area contributed by atoms with E-state index in [0.29, 0.717) is 16.6 Å². The van der Waals surface area contributed by atoms with E-state index in [-0.39, 0.29) is 12.2 Å². The number of aromatic nitrogens is 1. The predicted molar refractivity (Wildman–Crippen MR) is 97.4 cm³/mol. The Morgan fingerprint density at radius 1 is 1.16 bits per heavy atom. The highest BCUT2D eigenvalue weighted by Gasteiger charge is 2.52. The number of nitrogens with zero attached hydrogens (tertiary/aromatic N) is 1. The Kier molecular flexibility index (Phi) is 4.43. The number of fused-ring (bicyclic) bond motifs is 1. The van der Waals surface area contributed by atoms with Gasteiger partial charge in [0, 0.05) is 43.3 Å². The van der Waals surface area contributed by atoms with Gasteiger partial charge in [-0.1, -0.05) is 0 Å². The van der Waals surface area contributed by atoms with Gasteiger partial charge in [-0.15, -0.1) is 0 Å². The Balaban J connectivity index is 2.16. The maximum atomic E-state index is 12.3. The Labute approximate surface area is 147 Å². The first-order chi connectivity index (χ1) is 11.7. The molecule has 0 spiro atoms. The zero-order chi connectivity index (χ0) is 18.4. The van der Waals surface area contributed by atoms with Crippen molar-refractivity contribution in [2.75, 3.05) is 13.9 Å². The van der Waals surface area contributed by atoms with E-state index in [1.54, 1.807) is 25.4 Å². The molecule has 6 nitrogen and oxygen atoms in total. The lowest BCUT2D eigenvalue weighted by Crippen LogP contribution is -2.41. The Bertz CT molecular complexity index is 842. The first-order valence-electron chi connectivity index (χ1n) is 8.27. The molecule has 1 aliphatic rings. The molecule has 1 saturated heterocycles. The zero-order valence-electron chi connectivity index (χ0n) is 15.6. The molecule has 0 bridgehead atoms. The second-order valence-corrected chi connectivity index (χ2v) is 7.34. The largest absolute Gasteiger partial charge is 0.498 e. The van der Waals surface area contributed by atoms with Gasteiger partial charge < -0.3 is 23.3 Å². The molecule has 134 valence electrons. The highest BCUT2D eigenvalue weighted by atomic mass is 16.7. The minimum absolute atomic E-state index is 0.0517. The summed E-state index contributed by atoms with van der Waals surface area (Å²) in [5, 5.41) is 0.597. The van der Waals surface area contributed by atoms with Crippen molar-refractivity contribution in [2.24, 2.45) is 7.05 Å². The van der Waals surface area contributed by atoms with E-state index in [1.807, 2.05) is 45.4 Å². The summed E-state index contributed by atoms with van der Waals surface area (Å²) in [5.41, 5.74) is 0.453. The second kappa shape index (κ2) is 6.16. The van der Waals surface area contributed by atoms with Crippen LogP contribution in [0.15, 0.2) is 29.2 Å². The lowest BCUT2D eigenvalue weighted by Gasteiger charge is -2.32. The molecule has 0 atom stereocenters. The second-order valence-electron chi connectivity index (χ2n) is 7.34. The molecule has 0 radical (unpaired) electrons. The number of ether oxygens (including phenoxy) is 2. The number of hydrogen-bond acceptors (Lipinski definition) is 5. The van der Waals surface area contributed by atoms with Crippen LogP contribution in [0.2, 0.25) is 0 Å². The van der Waals surface area contributed by atoms with Crippen molar-refractivity contribution < 1.29 is 18.8 Å². The van der Waals surface area contributed by atoms with Crippen molar-refractivity contribution in [1.29, 1.82) is 0 Å². The fraction of sp³-hybridized carbons (Fsp3) is 0.500. The molecule has 0 N–H and O–H groups in total. The third kappa shape index (κ3) is 3.08. The van der Waals surface area contributed by atoms with E-state index in [2.05, 4.69) is 0 Å². The van der Waals surface area contributed by atoms with Crippen LogP contribution in [0.3, 0.4) is 0 Å². The number of aryl methyl sites for hydroxylation is 1. The number of pyridine rings is 1. The maximum Gasteiger partial charge on any atom is 0.498 e. The van der Waals surface area contributed by atoms with E-state index >= 15 is 0 Å². The van der Waals surface area contributed by atoms with Gasteiger partial charge in [0.05, 0.1) is 16.7 Å². The SMILES string of the molecule is COCOc1cc2c(cc1B1OC(C)(C)C(C)(C)O1)c(=O)ccn2C. The summed E-state index contributed by atoms with van der Waals surface area (Å²) >= 11 is 0. The normalized spacial score (nSPS) is 18.7. The van der Waals surface area contributed by atoms with Gasteiger partial charge in [0.2, 0.25) is 0 Å². The Hall–Kier alpha value is -1.83. The van der Waals surface area contributed by atoms with E-state index in [9.17, 15) is 4.79 Å². The van der Waals surface area contributed by atoms with Crippen molar-refractivity contribution in [3.63, 3.8) is 0 Å². The third-order valence-corrected chi connectivity index (χ3v) is 5.06. The molecule has 1 fully saturated rings. The van der Waals surface area contributed by atoms with E-state index in [1.165, 1.54) is 0 Å². The van der Waals surface area contributed by atoms with Crippen molar-refractivity contribution in [2.45, 2.75) is 38.9 Å². The molecule has 0 amide bonds. The highest BCUT2D eigenvalue weighted by Crippen LogP contribution is 2.37. The zero-order valence-corrected chi connectivity index (χ0v) is 15.6. The standard InChI is InChI=1S/C18H24BNO5/c1-17(2)18(3,4)25-19(24-17)13-9-12-14(10-16(13)23-11-22-6)20(5)8-7-15(12)21/h7-10H,11H2,1-6H3. The fourth-order valence-corrected chi connectivity index (χ4v) is 2.83. The summed E-state index contributed by atoms with van der Waals surface area (Å²) in [7, 11) is 2.83. The van der Waals surface area contributed by atoms with Gasteiger partial charge in [0.15, 0.2) is 12.2 Å². The van der Waals surface area contributed by atoms with E-state index in [4.69, 9.17) is 18.8 Å². The third-order valence-electron chi connectivity index (χ3n) is 5.06. The topological polar surface area (TPSA) is 58.9 Å². The summed E-state index contributed by atoms with van der Waals surface area (Å²) in [5.74, 6) is 0.578. The predicted octanol–water partition coefficient (Wildman–Crippen LogP) is 1.82. The van der Waals surface area contributed by atoms with Crippen LogP contribution in [-0.4, -0.2) is 36.8 Å². The Morgan fingerprint density at radius 3 is 2.40 bits per heavy atom. The first kappa shape index (κ1) is 18.0. The smallest absolute Gasteiger partial charge is 0.468 e. The Morgan fingerprint density at radius 2 is 1.80 bits per heavy atom. The van der Waals surface area contributed by atoms with Gasteiger partial charge in [-0.05, 0) is 33.8 Å².